The second kappa shape index (κ2) is 8.96. The van der Waals surface area contributed by atoms with E-state index in [-0.39, 0.29) is 18.4 Å². The minimum atomic E-state index is -0.420. The van der Waals surface area contributed by atoms with Crippen LogP contribution in [0.3, 0.4) is 0 Å². The van der Waals surface area contributed by atoms with Gasteiger partial charge in [-0.15, -0.1) is 0 Å². The molecule has 0 radical (unpaired) electrons. The van der Waals surface area contributed by atoms with Crippen molar-refractivity contribution in [1.29, 1.82) is 0 Å². The number of amides is 2. The minimum absolute atomic E-state index is 0.111. The molecular formula is C15H22N2O3. The third-order valence-corrected chi connectivity index (χ3v) is 3.03. The largest absolute Gasteiger partial charge is 0.445 e. The Morgan fingerprint density at radius 2 is 1.95 bits per heavy atom. The van der Waals surface area contributed by atoms with E-state index in [1.807, 2.05) is 37.3 Å². The Kier molecular flexibility index (Phi) is 7.17. The monoisotopic (exact) mass is 278 g/mol. The molecule has 1 unspecified atom stereocenters. The average Bonchev–Trinajstić information content (AvgIpc) is 2.45. The van der Waals surface area contributed by atoms with Crippen molar-refractivity contribution < 1.29 is 14.3 Å². The summed E-state index contributed by atoms with van der Waals surface area (Å²) in [6, 6.07) is 9.51. The van der Waals surface area contributed by atoms with Gasteiger partial charge < -0.3 is 15.8 Å². The number of ether oxygens (including phenoxy) is 1. The van der Waals surface area contributed by atoms with E-state index in [9.17, 15) is 9.59 Å². The number of carbonyl (C=O) groups excluding carboxylic acids is 2. The van der Waals surface area contributed by atoms with Gasteiger partial charge in [-0.2, -0.15) is 0 Å². The summed E-state index contributed by atoms with van der Waals surface area (Å²) in [6.45, 7) is 2.62. The number of unbranched alkanes of at least 4 members (excludes halogenated alkanes) is 1. The van der Waals surface area contributed by atoms with Crippen LogP contribution in [-0.4, -0.2) is 18.5 Å². The molecule has 1 rings (SSSR count). The molecule has 0 saturated heterocycles. The predicted molar refractivity (Wildman–Crippen MR) is 76.8 cm³/mol. The van der Waals surface area contributed by atoms with E-state index < -0.39 is 6.09 Å². The van der Waals surface area contributed by atoms with Crippen molar-refractivity contribution in [3.63, 3.8) is 0 Å². The molecule has 1 aromatic carbocycles. The van der Waals surface area contributed by atoms with Gasteiger partial charge in [-0.1, -0.05) is 43.7 Å². The minimum Gasteiger partial charge on any atom is -0.445 e. The fourth-order valence-corrected chi connectivity index (χ4v) is 1.68. The number of nitrogens with one attached hydrogen (secondary N) is 1. The van der Waals surface area contributed by atoms with Gasteiger partial charge in [0, 0.05) is 12.5 Å². The van der Waals surface area contributed by atoms with Crippen LogP contribution in [0, 0.1) is 5.92 Å². The summed E-state index contributed by atoms with van der Waals surface area (Å²) in [4.78, 5) is 22.2. The molecule has 3 N–H and O–H groups in total. The highest BCUT2D eigenvalue weighted by atomic mass is 16.5. The Morgan fingerprint density at radius 1 is 1.25 bits per heavy atom. The zero-order valence-corrected chi connectivity index (χ0v) is 11.8. The molecular weight excluding hydrogens is 256 g/mol. The van der Waals surface area contributed by atoms with Crippen LogP contribution in [0.25, 0.3) is 0 Å². The quantitative estimate of drug-likeness (QED) is 0.715. The molecule has 110 valence electrons. The number of primary amides is 1. The Balaban J connectivity index is 2.05. The Hall–Kier alpha value is -2.04. The van der Waals surface area contributed by atoms with Crippen molar-refractivity contribution in [2.45, 2.75) is 32.8 Å². The molecule has 0 fully saturated rings. The molecule has 0 aliphatic rings. The summed E-state index contributed by atoms with van der Waals surface area (Å²) in [5.41, 5.74) is 6.12. The molecule has 20 heavy (non-hydrogen) atoms. The highest BCUT2D eigenvalue weighted by Crippen LogP contribution is 2.06. The van der Waals surface area contributed by atoms with Crippen molar-refractivity contribution >= 4 is 12.0 Å². The van der Waals surface area contributed by atoms with E-state index in [0.717, 1.165) is 24.8 Å². The van der Waals surface area contributed by atoms with Gasteiger partial charge in [-0.05, 0) is 18.4 Å². The van der Waals surface area contributed by atoms with E-state index in [1.165, 1.54) is 0 Å². The van der Waals surface area contributed by atoms with E-state index in [0.29, 0.717) is 6.54 Å². The second-order valence-electron chi connectivity index (χ2n) is 4.79. The van der Waals surface area contributed by atoms with E-state index in [2.05, 4.69) is 5.32 Å². The lowest BCUT2D eigenvalue weighted by molar-refractivity contribution is -0.121. The van der Waals surface area contributed by atoms with Crippen LogP contribution in [0.15, 0.2) is 30.3 Å². The van der Waals surface area contributed by atoms with Gasteiger partial charge in [0.1, 0.15) is 6.61 Å². The number of nitrogens with two attached hydrogens (primary N) is 1. The van der Waals surface area contributed by atoms with Gasteiger partial charge in [0.25, 0.3) is 0 Å². The van der Waals surface area contributed by atoms with Gasteiger partial charge >= 0.3 is 6.09 Å². The fraction of sp³-hybridized carbons (Fsp3) is 0.467. The summed E-state index contributed by atoms with van der Waals surface area (Å²) in [5, 5.41) is 2.68. The Labute approximate surface area is 119 Å². The number of rotatable bonds is 8. The molecule has 0 aliphatic heterocycles. The molecule has 0 bridgehead atoms. The Bertz CT molecular complexity index is 420. The molecule has 5 heteroatoms. The second-order valence-corrected chi connectivity index (χ2v) is 4.79. The normalized spacial score (nSPS) is 11.7. The summed E-state index contributed by atoms with van der Waals surface area (Å²) in [7, 11) is 0. The molecule has 1 aromatic rings. The number of alkyl carbamates (subject to hydrolysis) is 1. The zero-order valence-electron chi connectivity index (χ0n) is 11.8. The third kappa shape index (κ3) is 6.78. The molecule has 0 aliphatic carbocycles. The predicted octanol–water partition coefficient (Wildman–Crippen LogP) is 2.20. The number of hydrogen-bond acceptors (Lipinski definition) is 3. The average molecular weight is 278 g/mol. The van der Waals surface area contributed by atoms with Gasteiger partial charge in [0.05, 0.1) is 0 Å². The van der Waals surface area contributed by atoms with Crippen molar-refractivity contribution in [2.24, 2.45) is 11.7 Å². The lowest BCUT2D eigenvalue weighted by Gasteiger charge is -2.08. The molecule has 1 atom stereocenters. The first-order valence-corrected chi connectivity index (χ1v) is 6.83. The maximum absolute atomic E-state index is 11.4. The van der Waals surface area contributed by atoms with Crippen molar-refractivity contribution in [2.75, 3.05) is 6.54 Å². The summed E-state index contributed by atoms with van der Waals surface area (Å²) in [6.07, 6.45) is 1.98. The highest BCUT2D eigenvalue weighted by molar-refractivity contribution is 5.76. The van der Waals surface area contributed by atoms with Gasteiger partial charge in [0.2, 0.25) is 5.91 Å². The molecule has 0 spiro atoms. The van der Waals surface area contributed by atoms with Gasteiger partial charge in [-0.3, -0.25) is 4.79 Å². The van der Waals surface area contributed by atoms with Gasteiger partial charge in [-0.25, -0.2) is 4.79 Å². The van der Waals surface area contributed by atoms with Crippen molar-refractivity contribution in [3.8, 4) is 0 Å². The zero-order chi connectivity index (χ0) is 14.8. The smallest absolute Gasteiger partial charge is 0.407 e. The number of carbonyl (C=O) groups is 2. The SMILES string of the molecule is CC(CCCCNC(=O)OCc1ccccc1)C(N)=O. The lowest BCUT2D eigenvalue weighted by atomic mass is 10.0. The van der Waals surface area contributed by atoms with E-state index in [4.69, 9.17) is 10.5 Å². The first kappa shape index (κ1) is 16.0. The maximum atomic E-state index is 11.4. The van der Waals surface area contributed by atoms with Crippen LogP contribution in [0.5, 0.6) is 0 Å². The van der Waals surface area contributed by atoms with E-state index >= 15 is 0 Å². The fourth-order valence-electron chi connectivity index (χ4n) is 1.68. The van der Waals surface area contributed by atoms with Gasteiger partial charge in [0.15, 0.2) is 0 Å². The first-order valence-electron chi connectivity index (χ1n) is 6.83. The maximum Gasteiger partial charge on any atom is 0.407 e. The lowest BCUT2D eigenvalue weighted by Crippen LogP contribution is -2.25. The van der Waals surface area contributed by atoms with Crippen LogP contribution < -0.4 is 11.1 Å². The summed E-state index contributed by atoms with van der Waals surface area (Å²) >= 11 is 0. The van der Waals surface area contributed by atoms with Crippen LogP contribution in [-0.2, 0) is 16.1 Å². The standard InChI is InChI=1S/C15H22N2O3/c1-12(14(16)18)7-5-6-10-17-15(19)20-11-13-8-3-2-4-9-13/h2-4,8-9,12H,5-7,10-11H2,1H3,(H2,16,18)(H,17,19). The van der Waals surface area contributed by atoms with Crippen molar-refractivity contribution in [1.82, 2.24) is 5.32 Å². The molecule has 2 amide bonds. The summed E-state index contributed by atoms with van der Waals surface area (Å²) < 4.78 is 5.07. The van der Waals surface area contributed by atoms with Crippen molar-refractivity contribution in [3.05, 3.63) is 35.9 Å². The summed E-state index contributed by atoms with van der Waals surface area (Å²) in [5.74, 6) is -0.389. The van der Waals surface area contributed by atoms with Crippen LogP contribution in [0.4, 0.5) is 4.79 Å². The van der Waals surface area contributed by atoms with Crippen LogP contribution in [0.2, 0.25) is 0 Å². The molecule has 5 nitrogen and oxygen atoms in total. The third-order valence-electron chi connectivity index (χ3n) is 3.03. The molecule has 0 saturated carbocycles. The number of hydrogen-bond donors (Lipinski definition) is 2. The first-order chi connectivity index (χ1) is 9.59. The molecule has 0 aromatic heterocycles. The number of benzene rings is 1. The topological polar surface area (TPSA) is 81.4 Å². The van der Waals surface area contributed by atoms with Crippen LogP contribution in [0.1, 0.15) is 31.7 Å². The highest BCUT2D eigenvalue weighted by Gasteiger charge is 2.07. The van der Waals surface area contributed by atoms with E-state index in [1.54, 1.807) is 0 Å². The molecule has 0 heterocycles. The Morgan fingerprint density at radius 3 is 2.60 bits per heavy atom. The van der Waals surface area contributed by atoms with Crippen LogP contribution >= 0.6 is 0 Å².